The van der Waals surface area contributed by atoms with E-state index in [-0.39, 0.29) is 12.6 Å². The van der Waals surface area contributed by atoms with Crippen molar-refractivity contribution in [3.63, 3.8) is 0 Å². The summed E-state index contributed by atoms with van der Waals surface area (Å²) >= 11 is 3.40. The van der Waals surface area contributed by atoms with Crippen LogP contribution in [0, 0.1) is 0 Å². The van der Waals surface area contributed by atoms with Gasteiger partial charge in [0.2, 0.25) is 0 Å². The summed E-state index contributed by atoms with van der Waals surface area (Å²) in [4.78, 5) is 4.12. The van der Waals surface area contributed by atoms with Gasteiger partial charge in [0.1, 0.15) is 0 Å². The van der Waals surface area contributed by atoms with Crippen molar-refractivity contribution in [3.05, 3.63) is 64.4 Å². The van der Waals surface area contributed by atoms with Crippen LogP contribution in [0.5, 0.6) is 0 Å². The highest BCUT2D eigenvalue weighted by Gasteiger charge is 2.08. The quantitative estimate of drug-likeness (QED) is 0.859. The van der Waals surface area contributed by atoms with Crippen LogP contribution >= 0.6 is 15.9 Å². The Bertz CT molecular complexity index is 505. The Kier molecular flexibility index (Phi) is 5.51. The fourth-order valence-electron chi connectivity index (χ4n) is 1.91. The number of hydrogen-bond acceptors (Lipinski definition) is 3. The number of aliphatic hydroxyl groups is 1. The Hall–Kier alpha value is -1.23. The molecular weight excluding hydrogens is 304 g/mol. The zero-order valence-electron chi connectivity index (χ0n) is 10.6. The lowest BCUT2D eigenvalue weighted by Gasteiger charge is -2.16. The monoisotopic (exact) mass is 320 g/mol. The second-order valence-corrected chi connectivity index (χ2v) is 5.38. The topological polar surface area (TPSA) is 45.1 Å². The number of benzene rings is 1. The van der Waals surface area contributed by atoms with Crippen LogP contribution in [-0.2, 0) is 13.0 Å². The molecule has 2 rings (SSSR count). The Morgan fingerprint density at radius 1 is 1.16 bits per heavy atom. The fraction of sp³-hybridized carbons (Fsp3) is 0.267. The maximum absolute atomic E-state index is 9.43. The normalized spacial score (nSPS) is 12.3. The molecule has 0 saturated carbocycles. The molecule has 4 heteroatoms. The molecule has 1 unspecified atom stereocenters. The molecule has 19 heavy (non-hydrogen) atoms. The molecule has 100 valence electrons. The Balaban J connectivity index is 1.89. The third kappa shape index (κ3) is 4.74. The summed E-state index contributed by atoms with van der Waals surface area (Å²) in [5, 5.41) is 12.8. The standard InChI is InChI=1S/C15H17BrN2O/c16-14-6-13(8-17-10-14)9-18-15(11-19)7-12-4-2-1-3-5-12/h1-6,8,10,15,18-19H,7,9,11H2. The van der Waals surface area contributed by atoms with Crippen LogP contribution in [0.4, 0.5) is 0 Å². The van der Waals surface area contributed by atoms with Gasteiger partial charge in [0.05, 0.1) is 6.61 Å². The number of rotatable bonds is 6. The van der Waals surface area contributed by atoms with Crippen LogP contribution in [-0.4, -0.2) is 22.7 Å². The molecule has 1 heterocycles. The maximum atomic E-state index is 9.43. The zero-order valence-corrected chi connectivity index (χ0v) is 12.2. The first-order valence-electron chi connectivity index (χ1n) is 6.25. The first-order chi connectivity index (χ1) is 9.28. The second-order valence-electron chi connectivity index (χ2n) is 4.46. The van der Waals surface area contributed by atoms with Crippen molar-refractivity contribution in [1.82, 2.24) is 10.3 Å². The molecule has 0 aliphatic rings. The number of nitrogens with one attached hydrogen (secondary N) is 1. The smallest absolute Gasteiger partial charge is 0.0587 e. The van der Waals surface area contributed by atoms with E-state index in [1.807, 2.05) is 30.5 Å². The SMILES string of the molecule is OCC(Cc1ccccc1)NCc1cncc(Br)c1. The lowest BCUT2D eigenvalue weighted by Crippen LogP contribution is -2.34. The van der Waals surface area contributed by atoms with E-state index in [2.05, 4.69) is 38.4 Å². The molecular formula is C15H17BrN2O. The number of aliphatic hydroxyl groups excluding tert-OH is 1. The minimum Gasteiger partial charge on any atom is -0.395 e. The molecule has 1 aromatic carbocycles. The zero-order chi connectivity index (χ0) is 13.5. The van der Waals surface area contributed by atoms with Crippen LogP contribution in [0.1, 0.15) is 11.1 Å². The number of nitrogens with zero attached hydrogens (tertiary/aromatic N) is 1. The first-order valence-corrected chi connectivity index (χ1v) is 7.05. The number of hydrogen-bond donors (Lipinski definition) is 2. The van der Waals surface area contributed by atoms with Crippen molar-refractivity contribution in [2.75, 3.05) is 6.61 Å². The average Bonchev–Trinajstić information content (AvgIpc) is 2.44. The minimum absolute atomic E-state index is 0.0568. The molecule has 0 aliphatic carbocycles. The Morgan fingerprint density at radius 2 is 1.95 bits per heavy atom. The molecule has 0 aliphatic heterocycles. The Morgan fingerprint density at radius 3 is 2.63 bits per heavy atom. The van der Waals surface area contributed by atoms with Crippen LogP contribution in [0.2, 0.25) is 0 Å². The predicted octanol–water partition coefficient (Wildman–Crippen LogP) is 2.54. The van der Waals surface area contributed by atoms with Gasteiger partial charge in [-0.3, -0.25) is 4.98 Å². The van der Waals surface area contributed by atoms with Crippen LogP contribution < -0.4 is 5.32 Å². The van der Waals surface area contributed by atoms with Crippen molar-refractivity contribution in [2.24, 2.45) is 0 Å². The van der Waals surface area contributed by atoms with E-state index in [0.717, 1.165) is 16.5 Å². The largest absolute Gasteiger partial charge is 0.395 e. The summed E-state index contributed by atoms with van der Waals surface area (Å²) in [5.74, 6) is 0. The van der Waals surface area contributed by atoms with Gasteiger partial charge < -0.3 is 10.4 Å². The van der Waals surface area contributed by atoms with Gasteiger partial charge in [0.25, 0.3) is 0 Å². The van der Waals surface area contributed by atoms with Gasteiger partial charge >= 0.3 is 0 Å². The van der Waals surface area contributed by atoms with Crippen LogP contribution in [0.15, 0.2) is 53.3 Å². The van der Waals surface area contributed by atoms with E-state index < -0.39 is 0 Å². The average molecular weight is 321 g/mol. The van der Waals surface area contributed by atoms with Gasteiger partial charge in [0, 0.05) is 29.5 Å². The van der Waals surface area contributed by atoms with E-state index in [1.165, 1.54) is 5.56 Å². The third-order valence-corrected chi connectivity index (χ3v) is 3.34. The molecule has 2 N–H and O–H groups in total. The van der Waals surface area contributed by atoms with Crippen molar-refractivity contribution < 1.29 is 5.11 Å². The highest BCUT2D eigenvalue weighted by atomic mass is 79.9. The second kappa shape index (κ2) is 7.38. The van der Waals surface area contributed by atoms with Gasteiger partial charge in [0.15, 0.2) is 0 Å². The molecule has 1 atom stereocenters. The van der Waals surface area contributed by atoms with Crippen LogP contribution in [0.3, 0.4) is 0 Å². The van der Waals surface area contributed by atoms with Crippen molar-refractivity contribution in [2.45, 2.75) is 19.0 Å². The van der Waals surface area contributed by atoms with E-state index in [1.54, 1.807) is 6.20 Å². The summed E-state index contributed by atoms with van der Waals surface area (Å²) in [6.07, 6.45) is 4.41. The fourth-order valence-corrected chi connectivity index (χ4v) is 2.33. The van der Waals surface area contributed by atoms with E-state index in [0.29, 0.717) is 6.54 Å². The lowest BCUT2D eigenvalue weighted by molar-refractivity contribution is 0.241. The van der Waals surface area contributed by atoms with E-state index in [4.69, 9.17) is 0 Å². The van der Waals surface area contributed by atoms with Gasteiger partial charge in [-0.2, -0.15) is 0 Å². The van der Waals surface area contributed by atoms with Gasteiger partial charge in [-0.25, -0.2) is 0 Å². The predicted molar refractivity (Wildman–Crippen MR) is 79.8 cm³/mol. The molecule has 1 aromatic heterocycles. The summed E-state index contributed by atoms with van der Waals surface area (Å²) in [6.45, 7) is 0.820. The van der Waals surface area contributed by atoms with E-state index in [9.17, 15) is 5.11 Å². The summed E-state index contributed by atoms with van der Waals surface area (Å²) in [6, 6.07) is 12.3. The van der Waals surface area contributed by atoms with Gasteiger partial charge in [-0.1, -0.05) is 30.3 Å². The minimum atomic E-state index is 0.0568. The number of halogens is 1. The molecule has 2 aromatic rings. The highest BCUT2D eigenvalue weighted by Crippen LogP contribution is 2.10. The summed E-state index contributed by atoms with van der Waals surface area (Å²) in [7, 11) is 0. The number of aromatic nitrogens is 1. The highest BCUT2D eigenvalue weighted by molar-refractivity contribution is 9.10. The molecule has 0 amide bonds. The summed E-state index contributed by atoms with van der Waals surface area (Å²) < 4.78 is 0.968. The molecule has 0 saturated heterocycles. The van der Waals surface area contributed by atoms with Crippen molar-refractivity contribution in [1.29, 1.82) is 0 Å². The van der Waals surface area contributed by atoms with Crippen molar-refractivity contribution >= 4 is 15.9 Å². The first kappa shape index (κ1) is 14.2. The van der Waals surface area contributed by atoms with E-state index >= 15 is 0 Å². The van der Waals surface area contributed by atoms with Crippen molar-refractivity contribution in [3.8, 4) is 0 Å². The Labute approximate surface area is 121 Å². The van der Waals surface area contributed by atoms with Gasteiger partial charge in [-0.05, 0) is 39.5 Å². The summed E-state index contributed by atoms with van der Waals surface area (Å²) in [5.41, 5.74) is 2.32. The third-order valence-electron chi connectivity index (χ3n) is 2.90. The maximum Gasteiger partial charge on any atom is 0.0587 e. The molecule has 0 fully saturated rings. The molecule has 0 spiro atoms. The number of pyridine rings is 1. The lowest BCUT2D eigenvalue weighted by atomic mass is 10.1. The molecule has 0 radical (unpaired) electrons. The molecule has 0 bridgehead atoms. The van der Waals surface area contributed by atoms with Gasteiger partial charge in [-0.15, -0.1) is 0 Å². The molecule has 3 nitrogen and oxygen atoms in total. The van der Waals surface area contributed by atoms with Crippen LogP contribution in [0.25, 0.3) is 0 Å².